The number of carbonyl (C=O) groups excluding carboxylic acids is 2. The predicted molar refractivity (Wildman–Crippen MR) is 88.0 cm³/mol. The van der Waals surface area contributed by atoms with E-state index in [1.54, 1.807) is 19.1 Å². The van der Waals surface area contributed by atoms with E-state index in [0.29, 0.717) is 34.8 Å². The van der Waals surface area contributed by atoms with Crippen LogP contribution in [0.5, 0.6) is 5.75 Å². The molecule has 1 aliphatic rings. The lowest BCUT2D eigenvalue weighted by Crippen LogP contribution is -2.60. The average Bonchev–Trinajstić information content (AvgIpc) is 2.95. The van der Waals surface area contributed by atoms with Gasteiger partial charge < -0.3 is 19.4 Å². The third-order valence-corrected chi connectivity index (χ3v) is 4.11. The summed E-state index contributed by atoms with van der Waals surface area (Å²) in [5.74, 6) is 0.195. The van der Waals surface area contributed by atoms with Crippen molar-refractivity contribution in [3.8, 4) is 11.8 Å². The molecule has 2 atom stereocenters. The van der Waals surface area contributed by atoms with Gasteiger partial charge in [-0.2, -0.15) is 5.26 Å². The van der Waals surface area contributed by atoms with Crippen LogP contribution in [-0.4, -0.2) is 47.4 Å². The third-order valence-electron chi connectivity index (χ3n) is 4.11. The number of aryl methyl sites for hydroxylation is 1. The maximum Gasteiger partial charge on any atom is 0.254 e. The molecule has 3 rings (SSSR count). The van der Waals surface area contributed by atoms with Crippen molar-refractivity contribution in [1.82, 2.24) is 15.2 Å². The Morgan fingerprint density at radius 3 is 3.00 bits per heavy atom. The lowest BCUT2D eigenvalue weighted by atomic mass is 10.0. The summed E-state index contributed by atoms with van der Waals surface area (Å²) in [6.07, 6.45) is -0.0628. The van der Waals surface area contributed by atoms with Crippen LogP contribution in [-0.2, 0) is 4.79 Å². The fourth-order valence-corrected chi connectivity index (χ4v) is 3.02. The molecule has 0 aliphatic carbocycles. The van der Waals surface area contributed by atoms with E-state index in [2.05, 4.69) is 10.3 Å². The largest absolute Gasteiger partial charge is 0.493 e. The summed E-state index contributed by atoms with van der Waals surface area (Å²) >= 11 is 0. The van der Waals surface area contributed by atoms with Gasteiger partial charge in [0.1, 0.15) is 11.6 Å². The van der Waals surface area contributed by atoms with Crippen LogP contribution < -0.4 is 10.1 Å². The molecule has 2 unspecified atom stereocenters. The minimum absolute atomic E-state index is 0.0628. The number of oxazole rings is 1. The van der Waals surface area contributed by atoms with Crippen LogP contribution in [0.1, 0.15) is 29.6 Å². The van der Waals surface area contributed by atoms with Crippen molar-refractivity contribution >= 4 is 22.9 Å². The highest BCUT2D eigenvalue weighted by molar-refractivity contribution is 6.01. The molecule has 0 saturated carbocycles. The van der Waals surface area contributed by atoms with Gasteiger partial charge >= 0.3 is 0 Å². The van der Waals surface area contributed by atoms with Crippen molar-refractivity contribution in [3.63, 3.8) is 0 Å². The van der Waals surface area contributed by atoms with Crippen molar-refractivity contribution in [3.05, 3.63) is 23.6 Å². The van der Waals surface area contributed by atoms with Crippen LogP contribution in [0.3, 0.4) is 0 Å². The standard InChI is InChI=1S/C17H18N4O4/c1-9-8-21(13(4-5-18)16(22)19-9)17(23)11-6-12-15(14(7-11)24-3)25-10(2)20-12/h6-7,9,13H,4,8H2,1-3H3,(H,19,22). The second-order valence-electron chi connectivity index (χ2n) is 6.00. The van der Waals surface area contributed by atoms with Gasteiger partial charge in [0.2, 0.25) is 5.91 Å². The number of benzene rings is 1. The predicted octanol–water partition coefficient (Wildman–Crippen LogP) is 1.39. The highest BCUT2D eigenvalue weighted by Crippen LogP contribution is 2.29. The zero-order valence-electron chi connectivity index (χ0n) is 14.2. The monoisotopic (exact) mass is 342 g/mol. The first kappa shape index (κ1) is 16.8. The molecule has 8 heteroatoms. The van der Waals surface area contributed by atoms with Crippen molar-refractivity contribution in [2.45, 2.75) is 32.4 Å². The zero-order chi connectivity index (χ0) is 18.1. The van der Waals surface area contributed by atoms with Crippen molar-refractivity contribution in [2.75, 3.05) is 13.7 Å². The molecule has 25 heavy (non-hydrogen) atoms. The molecule has 1 fully saturated rings. The smallest absolute Gasteiger partial charge is 0.254 e. The van der Waals surface area contributed by atoms with Gasteiger partial charge in [0, 0.05) is 25.1 Å². The average molecular weight is 342 g/mol. The molecule has 0 radical (unpaired) electrons. The normalized spacial score (nSPS) is 20.2. The first-order chi connectivity index (χ1) is 11.9. The summed E-state index contributed by atoms with van der Waals surface area (Å²) in [4.78, 5) is 30.9. The Kier molecular flexibility index (Phi) is 4.31. The molecule has 0 bridgehead atoms. The van der Waals surface area contributed by atoms with Crippen LogP contribution in [0.4, 0.5) is 0 Å². The SMILES string of the molecule is COc1cc(C(=O)N2CC(C)NC(=O)C2CC#N)cc2nc(C)oc12. The van der Waals surface area contributed by atoms with Crippen molar-refractivity contribution < 1.29 is 18.7 Å². The Labute approximate surface area is 144 Å². The lowest BCUT2D eigenvalue weighted by Gasteiger charge is -2.37. The molecule has 1 aromatic heterocycles. The summed E-state index contributed by atoms with van der Waals surface area (Å²) in [5, 5.41) is 11.8. The molecule has 8 nitrogen and oxygen atoms in total. The van der Waals surface area contributed by atoms with E-state index in [4.69, 9.17) is 14.4 Å². The molecule has 130 valence electrons. The molecule has 1 N–H and O–H groups in total. The fraction of sp³-hybridized carbons (Fsp3) is 0.412. The maximum absolute atomic E-state index is 13.0. The Hall–Kier alpha value is -3.08. The van der Waals surface area contributed by atoms with E-state index in [0.717, 1.165) is 0 Å². The Balaban J connectivity index is 2.02. The molecule has 2 amide bonds. The highest BCUT2D eigenvalue weighted by atomic mass is 16.5. The summed E-state index contributed by atoms with van der Waals surface area (Å²) in [7, 11) is 1.48. The van der Waals surface area contributed by atoms with Crippen LogP contribution in [0, 0.1) is 18.3 Å². The first-order valence-corrected chi connectivity index (χ1v) is 7.88. The molecule has 2 aromatic rings. The third kappa shape index (κ3) is 3.01. The second-order valence-corrected chi connectivity index (χ2v) is 6.00. The van der Waals surface area contributed by atoms with Crippen LogP contribution in [0.15, 0.2) is 16.5 Å². The number of nitrogens with one attached hydrogen (secondary N) is 1. The second kappa shape index (κ2) is 6.43. The summed E-state index contributed by atoms with van der Waals surface area (Å²) < 4.78 is 10.8. The van der Waals surface area contributed by atoms with Gasteiger partial charge in [0.05, 0.1) is 19.6 Å². The quantitative estimate of drug-likeness (QED) is 0.903. The van der Waals surface area contributed by atoms with Crippen molar-refractivity contribution in [1.29, 1.82) is 5.26 Å². The van der Waals surface area contributed by atoms with Gasteiger partial charge in [0.15, 0.2) is 17.2 Å². The highest BCUT2D eigenvalue weighted by Gasteiger charge is 2.36. The molecule has 2 heterocycles. The van der Waals surface area contributed by atoms with E-state index >= 15 is 0 Å². The number of hydrogen-bond acceptors (Lipinski definition) is 6. The van der Waals surface area contributed by atoms with Gasteiger partial charge in [-0.1, -0.05) is 0 Å². The van der Waals surface area contributed by atoms with E-state index < -0.39 is 6.04 Å². The van der Waals surface area contributed by atoms with Gasteiger partial charge in [-0.3, -0.25) is 9.59 Å². The number of nitrogens with zero attached hydrogens (tertiary/aromatic N) is 3. The van der Waals surface area contributed by atoms with Crippen LogP contribution in [0.2, 0.25) is 0 Å². The Bertz CT molecular complexity index is 883. The molecular weight excluding hydrogens is 324 g/mol. The van der Waals surface area contributed by atoms with Gasteiger partial charge in [-0.15, -0.1) is 0 Å². The zero-order valence-corrected chi connectivity index (χ0v) is 14.2. The van der Waals surface area contributed by atoms with E-state index in [-0.39, 0.29) is 24.3 Å². The van der Waals surface area contributed by atoms with Gasteiger partial charge in [0.25, 0.3) is 5.91 Å². The summed E-state index contributed by atoms with van der Waals surface area (Å²) in [6, 6.07) is 4.14. The number of fused-ring (bicyclic) bond motifs is 1. The number of hydrogen-bond donors (Lipinski definition) is 1. The number of methoxy groups -OCH3 is 1. The van der Waals surface area contributed by atoms with E-state index in [1.165, 1.54) is 12.0 Å². The number of rotatable bonds is 3. The number of amides is 2. The first-order valence-electron chi connectivity index (χ1n) is 7.88. The maximum atomic E-state index is 13.0. The molecule has 0 spiro atoms. The lowest BCUT2D eigenvalue weighted by molar-refractivity contribution is -0.128. The number of ether oxygens (including phenoxy) is 1. The molecule has 1 saturated heterocycles. The molecular formula is C17H18N4O4. The Morgan fingerprint density at radius 2 is 2.32 bits per heavy atom. The summed E-state index contributed by atoms with van der Waals surface area (Å²) in [6.45, 7) is 3.85. The molecule has 1 aliphatic heterocycles. The minimum atomic E-state index is -0.811. The van der Waals surface area contributed by atoms with E-state index in [1.807, 2.05) is 13.0 Å². The van der Waals surface area contributed by atoms with Crippen LogP contribution in [0.25, 0.3) is 11.1 Å². The number of carbonyl (C=O) groups is 2. The van der Waals surface area contributed by atoms with E-state index in [9.17, 15) is 9.59 Å². The van der Waals surface area contributed by atoms with Crippen molar-refractivity contribution in [2.24, 2.45) is 0 Å². The fourth-order valence-electron chi connectivity index (χ4n) is 3.02. The van der Waals surface area contributed by atoms with Gasteiger partial charge in [-0.25, -0.2) is 4.98 Å². The minimum Gasteiger partial charge on any atom is -0.493 e. The number of nitriles is 1. The summed E-state index contributed by atoms with van der Waals surface area (Å²) in [5.41, 5.74) is 1.31. The topological polar surface area (TPSA) is 108 Å². The number of piperazine rings is 1. The molecule has 1 aromatic carbocycles. The number of aromatic nitrogens is 1. The van der Waals surface area contributed by atoms with Crippen LogP contribution >= 0.6 is 0 Å². The van der Waals surface area contributed by atoms with Gasteiger partial charge in [-0.05, 0) is 19.1 Å². The Morgan fingerprint density at radius 1 is 1.56 bits per heavy atom.